The molecule has 3 aromatic rings. The number of rotatable bonds is 5. The second kappa shape index (κ2) is 5.97. The maximum Gasteiger partial charge on any atom is 0.123 e. The normalized spacial score (nSPS) is 10.8. The van der Waals surface area contributed by atoms with E-state index in [4.69, 9.17) is 0 Å². The molecule has 0 saturated heterocycles. The van der Waals surface area contributed by atoms with Gasteiger partial charge in [0.15, 0.2) is 0 Å². The average molecular weight is 283 g/mol. The molecule has 0 saturated carbocycles. The van der Waals surface area contributed by atoms with Gasteiger partial charge >= 0.3 is 0 Å². The molecule has 0 atom stereocenters. The maximum absolute atomic E-state index is 9.88. The zero-order valence-electron chi connectivity index (χ0n) is 11.2. The van der Waals surface area contributed by atoms with Gasteiger partial charge in [0.25, 0.3) is 0 Å². The Kier molecular flexibility index (Phi) is 3.88. The number of phenolic OH excluding ortho intramolecular Hbond substituents is 1. The van der Waals surface area contributed by atoms with Gasteiger partial charge in [-0.3, -0.25) is 0 Å². The highest BCUT2D eigenvalue weighted by atomic mass is 32.1. The number of thiophene rings is 1. The topological polar surface area (TPSA) is 32.3 Å². The molecule has 102 valence electrons. The van der Waals surface area contributed by atoms with Crippen molar-refractivity contribution in [2.45, 2.75) is 12.8 Å². The Morgan fingerprint density at radius 3 is 2.60 bits per heavy atom. The minimum Gasteiger partial charge on any atom is -0.507 e. The van der Waals surface area contributed by atoms with E-state index in [2.05, 4.69) is 28.9 Å². The van der Waals surface area contributed by atoms with Crippen molar-refractivity contribution < 1.29 is 5.11 Å². The Hall–Kier alpha value is -2.00. The molecule has 0 aliphatic carbocycles. The first kappa shape index (κ1) is 13.0. The predicted octanol–water partition coefficient (Wildman–Crippen LogP) is 4.65. The molecule has 2 aromatic carbocycles. The van der Waals surface area contributed by atoms with E-state index in [9.17, 15) is 5.11 Å². The fourth-order valence-corrected chi connectivity index (χ4v) is 3.08. The van der Waals surface area contributed by atoms with Gasteiger partial charge in [0, 0.05) is 11.9 Å². The van der Waals surface area contributed by atoms with Crippen molar-refractivity contribution in [2.24, 2.45) is 0 Å². The Morgan fingerprint density at radius 1 is 0.950 bits per heavy atom. The van der Waals surface area contributed by atoms with E-state index in [1.807, 2.05) is 24.3 Å². The third-order valence-electron chi connectivity index (χ3n) is 3.43. The summed E-state index contributed by atoms with van der Waals surface area (Å²) in [5.74, 6) is 0.362. The third kappa shape index (κ3) is 2.78. The predicted molar refractivity (Wildman–Crippen MR) is 86.7 cm³/mol. The summed E-state index contributed by atoms with van der Waals surface area (Å²) in [5.41, 5.74) is 1.30. The molecular formula is C17H17NOS. The summed E-state index contributed by atoms with van der Waals surface area (Å²) in [6, 6.07) is 16.0. The quantitative estimate of drug-likeness (QED) is 0.668. The molecule has 0 amide bonds. The molecule has 2 N–H and O–H groups in total. The first-order chi connectivity index (χ1) is 9.84. The summed E-state index contributed by atoms with van der Waals surface area (Å²) in [7, 11) is 0. The van der Waals surface area contributed by atoms with Gasteiger partial charge in [0.1, 0.15) is 5.75 Å². The van der Waals surface area contributed by atoms with Crippen LogP contribution < -0.4 is 5.32 Å². The molecule has 0 aliphatic rings. The van der Waals surface area contributed by atoms with Crippen LogP contribution >= 0.6 is 11.3 Å². The molecular weight excluding hydrogens is 266 g/mol. The third-order valence-corrected chi connectivity index (χ3v) is 4.26. The van der Waals surface area contributed by atoms with Gasteiger partial charge < -0.3 is 10.4 Å². The first-order valence-electron chi connectivity index (χ1n) is 6.81. The number of aryl methyl sites for hydroxylation is 1. The molecule has 3 heteroatoms. The van der Waals surface area contributed by atoms with E-state index in [0.717, 1.165) is 30.2 Å². The highest BCUT2D eigenvalue weighted by molar-refractivity contribution is 7.14. The van der Waals surface area contributed by atoms with Crippen LogP contribution in [0.25, 0.3) is 10.8 Å². The molecule has 0 bridgehead atoms. The number of nitrogens with one attached hydrogen (secondary N) is 1. The second-order valence-corrected chi connectivity index (χ2v) is 5.74. The van der Waals surface area contributed by atoms with Crippen molar-refractivity contribution in [2.75, 3.05) is 11.9 Å². The molecule has 1 aromatic heterocycles. The van der Waals surface area contributed by atoms with Crippen LogP contribution in [0, 0.1) is 0 Å². The lowest BCUT2D eigenvalue weighted by Crippen LogP contribution is -2.01. The van der Waals surface area contributed by atoms with Crippen LogP contribution in [0.1, 0.15) is 12.0 Å². The highest BCUT2D eigenvalue weighted by Gasteiger charge is 2.04. The monoisotopic (exact) mass is 283 g/mol. The van der Waals surface area contributed by atoms with E-state index in [1.54, 1.807) is 17.4 Å². The van der Waals surface area contributed by atoms with E-state index in [1.165, 1.54) is 10.6 Å². The van der Waals surface area contributed by atoms with Crippen LogP contribution in [0.15, 0.2) is 53.9 Å². The molecule has 1 heterocycles. The molecule has 0 aliphatic heterocycles. The number of benzene rings is 2. The van der Waals surface area contributed by atoms with Crippen LogP contribution in [0.4, 0.5) is 5.00 Å². The minimum atomic E-state index is 0.362. The number of hydrogen-bond acceptors (Lipinski definition) is 3. The maximum atomic E-state index is 9.88. The first-order valence-corrected chi connectivity index (χ1v) is 7.69. The Morgan fingerprint density at radius 2 is 1.80 bits per heavy atom. The van der Waals surface area contributed by atoms with E-state index < -0.39 is 0 Å². The van der Waals surface area contributed by atoms with Crippen molar-refractivity contribution >= 4 is 27.1 Å². The minimum absolute atomic E-state index is 0.362. The number of phenols is 1. The number of fused-ring (bicyclic) bond motifs is 1. The van der Waals surface area contributed by atoms with Crippen molar-refractivity contribution in [3.8, 4) is 5.75 Å². The number of hydrogen-bond donors (Lipinski definition) is 2. The van der Waals surface area contributed by atoms with Crippen LogP contribution in [-0.2, 0) is 6.42 Å². The molecule has 0 radical (unpaired) electrons. The second-order valence-electron chi connectivity index (χ2n) is 4.80. The molecule has 0 fully saturated rings. The van der Waals surface area contributed by atoms with Crippen LogP contribution in [0.3, 0.4) is 0 Å². The number of aromatic hydroxyl groups is 1. The summed E-state index contributed by atoms with van der Waals surface area (Å²) in [6.45, 7) is 0.968. The van der Waals surface area contributed by atoms with E-state index in [0.29, 0.717) is 5.75 Å². The van der Waals surface area contributed by atoms with Crippen LogP contribution in [0.5, 0.6) is 5.75 Å². The fraction of sp³-hybridized carbons (Fsp3) is 0.176. The summed E-state index contributed by atoms with van der Waals surface area (Å²) in [5, 5.41) is 18.7. The van der Waals surface area contributed by atoms with Crippen molar-refractivity contribution in [1.82, 2.24) is 0 Å². The SMILES string of the molecule is Oc1ccc(CCCNc2cccs2)c2ccccc12. The van der Waals surface area contributed by atoms with Gasteiger partial charge in [-0.1, -0.05) is 30.3 Å². The van der Waals surface area contributed by atoms with Gasteiger partial charge in [0.05, 0.1) is 5.00 Å². The molecule has 0 unspecified atom stereocenters. The zero-order valence-corrected chi connectivity index (χ0v) is 12.0. The van der Waals surface area contributed by atoms with Crippen LogP contribution in [0.2, 0.25) is 0 Å². The fourth-order valence-electron chi connectivity index (χ4n) is 2.43. The van der Waals surface area contributed by atoms with Crippen molar-refractivity contribution in [1.29, 1.82) is 0 Å². The molecule has 0 spiro atoms. The van der Waals surface area contributed by atoms with Crippen molar-refractivity contribution in [3.05, 3.63) is 59.5 Å². The summed E-state index contributed by atoms with van der Waals surface area (Å²) < 4.78 is 0. The summed E-state index contributed by atoms with van der Waals surface area (Å²) in [6.07, 6.45) is 2.09. The zero-order chi connectivity index (χ0) is 13.8. The summed E-state index contributed by atoms with van der Waals surface area (Å²) >= 11 is 1.73. The Balaban J connectivity index is 1.67. The average Bonchev–Trinajstić information content (AvgIpc) is 2.99. The van der Waals surface area contributed by atoms with E-state index in [-0.39, 0.29) is 0 Å². The van der Waals surface area contributed by atoms with E-state index >= 15 is 0 Å². The lowest BCUT2D eigenvalue weighted by atomic mass is 10.0. The lowest BCUT2D eigenvalue weighted by molar-refractivity contribution is 0.481. The highest BCUT2D eigenvalue weighted by Crippen LogP contribution is 2.28. The number of anilines is 1. The van der Waals surface area contributed by atoms with Gasteiger partial charge in [-0.2, -0.15) is 0 Å². The smallest absolute Gasteiger partial charge is 0.123 e. The molecule has 2 nitrogen and oxygen atoms in total. The van der Waals surface area contributed by atoms with Gasteiger partial charge in [0.2, 0.25) is 0 Å². The van der Waals surface area contributed by atoms with Gasteiger partial charge in [-0.05, 0) is 47.4 Å². The van der Waals surface area contributed by atoms with Gasteiger partial charge in [-0.15, -0.1) is 11.3 Å². The standard InChI is InChI=1S/C17H17NOS/c19-16-10-9-13(14-6-1-2-7-15(14)16)5-3-11-18-17-8-4-12-20-17/h1-2,4,6-10,12,18-19H,3,5,11H2. The van der Waals surface area contributed by atoms with Gasteiger partial charge in [-0.25, -0.2) is 0 Å². The van der Waals surface area contributed by atoms with Crippen LogP contribution in [-0.4, -0.2) is 11.7 Å². The lowest BCUT2D eigenvalue weighted by Gasteiger charge is -2.08. The largest absolute Gasteiger partial charge is 0.507 e. The Labute approximate surface area is 122 Å². The summed E-state index contributed by atoms with van der Waals surface area (Å²) in [4.78, 5) is 0. The van der Waals surface area contributed by atoms with Crippen molar-refractivity contribution in [3.63, 3.8) is 0 Å². The molecule has 20 heavy (non-hydrogen) atoms. The Bertz CT molecular complexity index is 691. The molecule has 3 rings (SSSR count).